The SMILES string of the molecule is CCC1COC(C)(C)O1.OC1COCOC1.OCC1COCO1.OCC1COCOC1. The van der Waals surface area contributed by atoms with Gasteiger partial charge in [0.25, 0.3) is 0 Å². The molecule has 0 spiro atoms. The fourth-order valence-electron chi connectivity index (χ4n) is 2.56. The first kappa shape index (κ1) is 28.6. The Kier molecular flexibility index (Phi) is 15.8. The maximum absolute atomic E-state index is 8.66. The average Bonchev–Trinajstić information content (AvgIpc) is 3.45. The molecule has 2 atom stereocenters. The lowest BCUT2D eigenvalue weighted by Gasteiger charge is -2.19. The van der Waals surface area contributed by atoms with Crippen molar-refractivity contribution in [3.63, 3.8) is 0 Å². The highest BCUT2D eigenvalue weighted by atomic mass is 16.7. The minimum Gasteiger partial charge on any atom is -0.396 e. The fourth-order valence-corrected chi connectivity index (χ4v) is 2.56. The van der Waals surface area contributed by atoms with Crippen LogP contribution in [-0.4, -0.2) is 113 Å². The highest BCUT2D eigenvalue weighted by Gasteiger charge is 2.31. The smallest absolute Gasteiger partial charge is 0.163 e. The summed E-state index contributed by atoms with van der Waals surface area (Å²) >= 11 is 0. The van der Waals surface area contributed by atoms with Crippen LogP contribution >= 0.6 is 0 Å². The van der Waals surface area contributed by atoms with Crippen LogP contribution in [-0.2, 0) is 37.9 Å². The summed E-state index contributed by atoms with van der Waals surface area (Å²) in [5.41, 5.74) is 0. The molecule has 0 aromatic heterocycles. The van der Waals surface area contributed by atoms with Gasteiger partial charge in [-0.1, -0.05) is 6.92 Å². The highest BCUT2D eigenvalue weighted by molar-refractivity contribution is 4.68. The second-order valence-corrected chi connectivity index (χ2v) is 7.74. The molecule has 11 heteroatoms. The summed E-state index contributed by atoms with van der Waals surface area (Å²) in [5, 5.41) is 25.6. The first-order valence-electron chi connectivity index (χ1n) is 10.6. The Hall–Kier alpha value is -0.440. The van der Waals surface area contributed by atoms with E-state index in [2.05, 4.69) is 6.92 Å². The Morgan fingerprint density at radius 3 is 1.58 bits per heavy atom. The van der Waals surface area contributed by atoms with E-state index in [9.17, 15) is 0 Å². The van der Waals surface area contributed by atoms with Gasteiger partial charge < -0.3 is 53.2 Å². The lowest BCUT2D eigenvalue weighted by molar-refractivity contribution is -0.150. The van der Waals surface area contributed by atoms with Crippen molar-refractivity contribution < 1.29 is 53.2 Å². The molecule has 0 aromatic rings. The molecule has 11 nitrogen and oxygen atoms in total. The number of aliphatic hydroxyl groups is 3. The molecule has 4 aliphatic heterocycles. The van der Waals surface area contributed by atoms with Crippen LogP contribution in [0.3, 0.4) is 0 Å². The van der Waals surface area contributed by atoms with E-state index in [1.54, 1.807) is 0 Å². The first-order valence-corrected chi connectivity index (χ1v) is 10.6. The van der Waals surface area contributed by atoms with E-state index in [1.807, 2.05) is 13.8 Å². The van der Waals surface area contributed by atoms with Crippen molar-refractivity contribution in [3.8, 4) is 0 Å². The minimum absolute atomic E-state index is 0.0694. The standard InChI is InChI=1S/C7H14O2.C5H10O3.2C4H8O3/c1-4-6-5-8-7(2,3)9-6;6-1-5-2-7-4-8-3-5;5-4-1-6-3-7-2-4;5-1-4-2-6-3-7-4/h6H,4-5H2,1-3H3;5-6H,1-4H2;2*4-5H,1-3H2. The van der Waals surface area contributed by atoms with E-state index in [1.165, 1.54) is 0 Å². The molecule has 0 amide bonds. The van der Waals surface area contributed by atoms with Crippen molar-refractivity contribution >= 4 is 0 Å². The van der Waals surface area contributed by atoms with E-state index in [4.69, 9.17) is 53.2 Å². The van der Waals surface area contributed by atoms with Gasteiger partial charge in [-0.25, -0.2) is 0 Å². The van der Waals surface area contributed by atoms with Gasteiger partial charge in [-0.05, 0) is 20.3 Å². The Bertz CT molecular complexity index is 406. The molecule has 4 heterocycles. The maximum Gasteiger partial charge on any atom is 0.163 e. The number of hydrogen-bond donors (Lipinski definition) is 3. The minimum atomic E-state index is -0.409. The van der Waals surface area contributed by atoms with E-state index in [0.717, 1.165) is 13.0 Å². The summed E-state index contributed by atoms with van der Waals surface area (Å²) in [7, 11) is 0. The zero-order chi connectivity index (χ0) is 23.0. The number of ether oxygens (including phenoxy) is 8. The van der Waals surface area contributed by atoms with Gasteiger partial charge in [0, 0.05) is 5.92 Å². The van der Waals surface area contributed by atoms with Crippen molar-refractivity contribution in [1.82, 2.24) is 0 Å². The molecule has 3 N–H and O–H groups in total. The molecule has 0 saturated carbocycles. The Morgan fingerprint density at radius 2 is 1.32 bits per heavy atom. The third kappa shape index (κ3) is 14.3. The van der Waals surface area contributed by atoms with E-state index < -0.39 is 6.10 Å². The lowest BCUT2D eigenvalue weighted by atomic mass is 10.2. The molecule has 0 bridgehead atoms. The summed E-state index contributed by atoms with van der Waals surface area (Å²) < 4.78 is 39.6. The van der Waals surface area contributed by atoms with Crippen molar-refractivity contribution in [2.75, 3.05) is 73.2 Å². The molecule has 0 radical (unpaired) electrons. The molecule has 186 valence electrons. The van der Waals surface area contributed by atoms with Gasteiger partial charge in [0.2, 0.25) is 0 Å². The Labute approximate surface area is 184 Å². The molecule has 31 heavy (non-hydrogen) atoms. The summed E-state index contributed by atoms with van der Waals surface area (Å²) in [6, 6.07) is 0. The summed E-state index contributed by atoms with van der Waals surface area (Å²) in [5.74, 6) is -0.135. The highest BCUT2D eigenvalue weighted by Crippen LogP contribution is 2.23. The molecule has 4 aliphatic rings. The molecule has 4 rings (SSSR count). The van der Waals surface area contributed by atoms with Crippen LogP contribution in [0.2, 0.25) is 0 Å². The van der Waals surface area contributed by atoms with E-state index in [-0.39, 0.29) is 31.0 Å². The van der Waals surface area contributed by atoms with Crippen LogP contribution in [0.4, 0.5) is 0 Å². The predicted molar refractivity (Wildman–Crippen MR) is 108 cm³/mol. The van der Waals surface area contributed by atoms with E-state index in [0.29, 0.717) is 59.5 Å². The second kappa shape index (κ2) is 17.1. The molecular weight excluding hydrogens is 416 g/mol. The van der Waals surface area contributed by atoms with Crippen molar-refractivity contribution in [2.45, 2.75) is 51.3 Å². The van der Waals surface area contributed by atoms with Gasteiger partial charge in [0.15, 0.2) is 5.79 Å². The molecule has 0 aliphatic carbocycles. The summed E-state index contributed by atoms with van der Waals surface area (Å²) in [6.45, 7) is 10.7. The zero-order valence-electron chi connectivity index (χ0n) is 18.9. The van der Waals surface area contributed by atoms with Gasteiger partial charge in [-0.3, -0.25) is 0 Å². The van der Waals surface area contributed by atoms with Crippen LogP contribution in [0.25, 0.3) is 0 Å². The van der Waals surface area contributed by atoms with Crippen molar-refractivity contribution in [1.29, 1.82) is 0 Å². The number of rotatable bonds is 3. The van der Waals surface area contributed by atoms with Gasteiger partial charge in [-0.15, -0.1) is 0 Å². The Balaban J connectivity index is 0.000000208. The monoisotopic (exact) mass is 456 g/mol. The molecular formula is C20H40O11. The normalized spacial score (nSPS) is 28.5. The first-order chi connectivity index (χ1) is 14.9. The fraction of sp³-hybridized carbons (Fsp3) is 1.00. The number of hydrogen-bond acceptors (Lipinski definition) is 11. The number of aliphatic hydroxyl groups excluding tert-OH is 3. The zero-order valence-corrected chi connectivity index (χ0v) is 18.9. The topological polar surface area (TPSA) is 135 Å². The van der Waals surface area contributed by atoms with Crippen LogP contribution in [0.5, 0.6) is 0 Å². The average molecular weight is 457 g/mol. The van der Waals surface area contributed by atoms with Crippen molar-refractivity contribution in [3.05, 3.63) is 0 Å². The van der Waals surface area contributed by atoms with Gasteiger partial charge in [0.05, 0.1) is 59.0 Å². The quantitative estimate of drug-likeness (QED) is 0.523. The van der Waals surface area contributed by atoms with Crippen molar-refractivity contribution in [2.24, 2.45) is 5.92 Å². The van der Waals surface area contributed by atoms with Gasteiger partial charge in [0.1, 0.15) is 32.6 Å². The predicted octanol–water partition coefficient (Wildman–Crippen LogP) is -0.150. The third-order valence-corrected chi connectivity index (χ3v) is 4.34. The molecule has 2 unspecified atom stereocenters. The lowest BCUT2D eigenvalue weighted by Crippen LogP contribution is -2.28. The van der Waals surface area contributed by atoms with E-state index >= 15 is 0 Å². The van der Waals surface area contributed by atoms with Crippen LogP contribution in [0.1, 0.15) is 27.2 Å². The van der Waals surface area contributed by atoms with Crippen LogP contribution in [0.15, 0.2) is 0 Å². The largest absolute Gasteiger partial charge is 0.396 e. The molecule has 0 aromatic carbocycles. The van der Waals surface area contributed by atoms with Gasteiger partial charge in [-0.2, -0.15) is 0 Å². The summed E-state index contributed by atoms with van der Waals surface area (Å²) in [6.07, 6.45) is 0.887. The molecule has 4 saturated heterocycles. The molecule has 4 fully saturated rings. The van der Waals surface area contributed by atoms with Gasteiger partial charge >= 0.3 is 0 Å². The maximum atomic E-state index is 8.66. The second-order valence-electron chi connectivity index (χ2n) is 7.74. The Morgan fingerprint density at radius 1 is 0.742 bits per heavy atom. The third-order valence-electron chi connectivity index (χ3n) is 4.34. The van der Waals surface area contributed by atoms with Crippen LogP contribution in [0, 0.1) is 5.92 Å². The van der Waals surface area contributed by atoms with Crippen LogP contribution < -0.4 is 0 Å². The summed E-state index contributed by atoms with van der Waals surface area (Å²) in [4.78, 5) is 0.